The second-order valence-electron chi connectivity index (χ2n) is 6.40. The lowest BCUT2D eigenvalue weighted by molar-refractivity contribution is -0.129. The first kappa shape index (κ1) is 20.3. The summed E-state index contributed by atoms with van der Waals surface area (Å²) in [5, 5.41) is 11.9. The molecule has 0 saturated heterocycles. The summed E-state index contributed by atoms with van der Waals surface area (Å²) in [7, 11) is 1.72. The van der Waals surface area contributed by atoms with Crippen molar-refractivity contribution in [2.75, 3.05) is 12.4 Å². The second kappa shape index (κ2) is 9.16. The number of nitrogens with one attached hydrogen (secondary N) is 1. The van der Waals surface area contributed by atoms with E-state index >= 15 is 0 Å². The van der Waals surface area contributed by atoms with Gasteiger partial charge >= 0.3 is 0 Å². The van der Waals surface area contributed by atoms with Crippen molar-refractivity contribution in [3.8, 4) is 0 Å². The number of hydrogen-bond donors (Lipinski definition) is 1. The van der Waals surface area contributed by atoms with Crippen LogP contribution in [0.2, 0.25) is 0 Å². The van der Waals surface area contributed by atoms with E-state index in [-0.39, 0.29) is 17.0 Å². The zero-order valence-corrected chi connectivity index (χ0v) is 17.5. The number of carbonyl (C=O) groups is 1. The first-order chi connectivity index (χ1) is 13.4. The van der Waals surface area contributed by atoms with Crippen molar-refractivity contribution in [2.24, 2.45) is 0 Å². The normalized spacial score (nSPS) is 11.9. The summed E-state index contributed by atoms with van der Waals surface area (Å²) < 4.78 is 14.0. The number of carbonyl (C=O) groups excluding carboxylic acids is 1. The van der Waals surface area contributed by atoms with E-state index in [0.717, 1.165) is 21.2 Å². The first-order valence-electron chi connectivity index (χ1n) is 8.74. The summed E-state index contributed by atoms with van der Waals surface area (Å²) in [4.78, 5) is 14.2. The van der Waals surface area contributed by atoms with Gasteiger partial charge in [-0.1, -0.05) is 53.4 Å². The first-order valence-corrected chi connectivity index (χ1v) is 10.4. The van der Waals surface area contributed by atoms with Crippen LogP contribution in [0.1, 0.15) is 18.1 Å². The average molecular weight is 417 g/mol. The van der Waals surface area contributed by atoms with Crippen molar-refractivity contribution >= 4 is 39.8 Å². The smallest absolute Gasteiger partial charge is 0.235 e. The minimum atomic E-state index is -0.321. The van der Waals surface area contributed by atoms with E-state index in [1.54, 1.807) is 24.1 Å². The lowest BCUT2D eigenvalue weighted by Crippen LogP contribution is -2.32. The molecule has 0 aliphatic heterocycles. The molecule has 0 radical (unpaired) electrons. The standard InChI is InChI=1S/C20H21FN4OS2/c1-13-7-4-5-10-17(13)22-19-23-24-20(28-19)27-14(2)18(26)25(3)12-15-8-6-9-16(21)11-15/h4-11,14H,12H2,1-3H3,(H,22,23)/t14-/m1/s1. The largest absolute Gasteiger partial charge is 0.340 e. The summed E-state index contributed by atoms with van der Waals surface area (Å²) >= 11 is 2.78. The molecule has 0 bridgehead atoms. The third-order valence-corrected chi connectivity index (χ3v) is 6.11. The Morgan fingerprint density at radius 1 is 1.25 bits per heavy atom. The van der Waals surface area contributed by atoms with E-state index < -0.39 is 0 Å². The topological polar surface area (TPSA) is 58.1 Å². The van der Waals surface area contributed by atoms with E-state index in [1.165, 1.54) is 35.2 Å². The van der Waals surface area contributed by atoms with Crippen molar-refractivity contribution < 1.29 is 9.18 Å². The van der Waals surface area contributed by atoms with Crippen LogP contribution in [0.4, 0.5) is 15.2 Å². The van der Waals surface area contributed by atoms with E-state index in [9.17, 15) is 9.18 Å². The number of nitrogens with zero attached hydrogens (tertiary/aromatic N) is 3. The third kappa shape index (κ3) is 5.30. The molecule has 0 saturated carbocycles. The molecule has 0 spiro atoms. The molecule has 0 aliphatic carbocycles. The van der Waals surface area contributed by atoms with Crippen LogP contribution in [0.15, 0.2) is 52.9 Å². The Labute approximate surface area is 172 Å². The fourth-order valence-corrected chi connectivity index (χ4v) is 4.66. The van der Waals surface area contributed by atoms with Gasteiger partial charge in [-0.25, -0.2) is 4.39 Å². The summed E-state index contributed by atoms with van der Waals surface area (Å²) in [6, 6.07) is 14.2. The number of thioether (sulfide) groups is 1. The molecule has 1 N–H and O–H groups in total. The van der Waals surface area contributed by atoms with E-state index in [0.29, 0.717) is 11.7 Å². The van der Waals surface area contributed by atoms with Gasteiger partial charge in [-0.2, -0.15) is 0 Å². The fraction of sp³-hybridized carbons (Fsp3) is 0.250. The number of hydrogen-bond acceptors (Lipinski definition) is 6. The predicted octanol–water partition coefficient (Wildman–Crippen LogP) is 4.87. The predicted molar refractivity (Wildman–Crippen MR) is 113 cm³/mol. The molecule has 1 aromatic heterocycles. The maximum Gasteiger partial charge on any atom is 0.235 e. The molecular formula is C20H21FN4OS2. The Bertz CT molecular complexity index is 963. The molecule has 0 fully saturated rings. The van der Waals surface area contributed by atoms with Crippen LogP contribution in [0.5, 0.6) is 0 Å². The molecule has 28 heavy (non-hydrogen) atoms. The van der Waals surface area contributed by atoms with Crippen LogP contribution < -0.4 is 5.32 Å². The van der Waals surface area contributed by atoms with Crippen LogP contribution in [-0.2, 0) is 11.3 Å². The van der Waals surface area contributed by atoms with Crippen LogP contribution in [0, 0.1) is 12.7 Å². The van der Waals surface area contributed by atoms with Crippen molar-refractivity contribution in [3.05, 3.63) is 65.5 Å². The highest BCUT2D eigenvalue weighted by Crippen LogP contribution is 2.31. The zero-order valence-electron chi connectivity index (χ0n) is 15.8. The maximum atomic E-state index is 13.3. The third-order valence-electron chi connectivity index (χ3n) is 4.10. The summed E-state index contributed by atoms with van der Waals surface area (Å²) in [5.74, 6) is -0.346. The van der Waals surface area contributed by atoms with Gasteiger partial charge in [0.25, 0.3) is 0 Å². The zero-order chi connectivity index (χ0) is 20.1. The Morgan fingerprint density at radius 2 is 2.04 bits per heavy atom. The minimum Gasteiger partial charge on any atom is -0.340 e. The van der Waals surface area contributed by atoms with Crippen LogP contribution in [-0.4, -0.2) is 33.3 Å². The van der Waals surface area contributed by atoms with Crippen LogP contribution >= 0.6 is 23.1 Å². The highest BCUT2D eigenvalue weighted by atomic mass is 32.2. The van der Waals surface area contributed by atoms with Crippen molar-refractivity contribution in [1.82, 2.24) is 15.1 Å². The fourth-order valence-electron chi connectivity index (χ4n) is 2.64. The Hall–Kier alpha value is -2.45. The number of para-hydroxylation sites is 1. The van der Waals surface area contributed by atoms with Gasteiger partial charge in [0, 0.05) is 19.3 Å². The molecule has 0 aliphatic rings. The SMILES string of the molecule is Cc1ccccc1Nc1nnc(S[C@H](C)C(=O)N(C)Cc2cccc(F)c2)s1. The molecule has 146 valence electrons. The molecule has 1 atom stereocenters. The quantitative estimate of drug-likeness (QED) is 0.557. The number of halogens is 1. The number of benzene rings is 2. The molecular weight excluding hydrogens is 395 g/mol. The van der Waals surface area contributed by atoms with E-state index in [1.807, 2.05) is 38.1 Å². The second-order valence-corrected chi connectivity index (χ2v) is 8.96. The molecule has 3 rings (SSSR count). The number of aromatic nitrogens is 2. The Kier molecular flexibility index (Phi) is 6.64. The number of aryl methyl sites for hydroxylation is 1. The van der Waals surface area contributed by atoms with Crippen molar-refractivity contribution in [3.63, 3.8) is 0 Å². The molecule has 3 aromatic rings. The van der Waals surface area contributed by atoms with Gasteiger partial charge in [0.15, 0.2) is 4.34 Å². The van der Waals surface area contributed by atoms with Crippen molar-refractivity contribution in [1.29, 1.82) is 0 Å². The highest BCUT2D eigenvalue weighted by Gasteiger charge is 2.21. The van der Waals surface area contributed by atoms with Crippen molar-refractivity contribution in [2.45, 2.75) is 30.0 Å². The molecule has 1 amide bonds. The lowest BCUT2D eigenvalue weighted by Gasteiger charge is -2.20. The summed E-state index contributed by atoms with van der Waals surface area (Å²) in [5.41, 5.74) is 2.86. The average Bonchev–Trinajstić information content (AvgIpc) is 3.09. The Morgan fingerprint density at radius 3 is 2.79 bits per heavy atom. The molecule has 8 heteroatoms. The van der Waals surface area contributed by atoms with Gasteiger partial charge in [-0.3, -0.25) is 4.79 Å². The van der Waals surface area contributed by atoms with Gasteiger partial charge in [-0.05, 0) is 43.2 Å². The highest BCUT2D eigenvalue weighted by molar-refractivity contribution is 8.02. The number of amides is 1. The molecule has 1 heterocycles. The van der Waals surface area contributed by atoms with Gasteiger partial charge in [0.2, 0.25) is 11.0 Å². The lowest BCUT2D eigenvalue weighted by atomic mass is 10.2. The number of anilines is 2. The maximum absolute atomic E-state index is 13.3. The van der Waals surface area contributed by atoms with Gasteiger partial charge in [0.1, 0.15) is 5.82 Å². The van der Waals surface area contributed by atoms with E-state index in [2.05, 4.69) is 15.5 Å². The van der Waals surface area contributed by atoms with Gasteiger partial charge in [0.05, 0.1) is 5.25 Å². The molecule has 5 nitrogen and oxygen atoms in total. The molecule has 0 unspecified atom stereocenters. The summed E-state index contributed by atoms with van der Waals surface area (Å²) in [6.07, 6.45) is 0. The summed E-state index contributed by atoms with van der Waals surface area (Å²) in [6.45, 7) is 4.22. The monoisotopic (exact) mass is 416 g/mol. The van der Waals surface area contributed by atoms with Gasteiger partial charge < -0.3 is 10.2 Å². The Balaban J connectivity index is 1.58. The van der Waals surface area contributed by atoms with Crippen LogP contribution in [0.3, 0.4) is 0 Å². The van der Waals surface area contributed by atoms with Gasteiger partial charge in [-0.15, -0.1) is 10.2 Å². The van der Waals surface area contributed by atoms with E-state index in [4.69, 9.17) is 0 Å². The van der Waals surface area contributed by atoms with Crippen LogP contribution in [0.25, 0.3) is 0 Å². The minimum absolute atomic E-state index is 0.0436. The molecule has 2 aromatic carbocycles. The number of rotatable bonds is 7.